The van der Waals surface area contributed by atoms with E-state index in [1.54, 1.807) is 11.8 Å². The van der Waals surface area contributed by atoms with Crippen LogP contribution in [0.4, 0.5) is 0 Å². The molecule has 2 unspecified atom stereocenters. The fourth-order valence-corrected chi connectivity index (χ4v) is 2.05. The van der Waals surface area contributed by atoms with E-state index >= 15 is 0 Å². The summed E-state index contributed by atoms with van der Waals surface area (Å²) in [6.07, 6.45) is 3.83. The van der Waals surface area contributed by atoms with Crippen LogP contribution < -0.4 is 10.6 Å². The fourth-order valence-electron chi connectivity index (χ4n) is 1.66. The molecule has 3 nitrogen and oxygen atoms in total. The number of nitrogens with one attached hydrogen (secondary N) is 2. The predicted molar refractivity (Wildman–Crippen MR) is 68.8 cm³/mol. The normalized spacial score (nSPS) is 25.5. The van der Waals surface area contributed by atoms with Crippen LogP contribution in [0.1, 0.15) is 19.8 Å². The molecular formula is C10H21ClN2OS. The summed E-state index contributed by atoms with van der Waals surface area (Å²) in [7, 11) is 0. The summed E-state index contributed by atoms with van der Waals surface area (Å²) in [5, 5.41) is 6.40. The van der Waals surface area contributed by atoms with Gasteiger partial charge in [-0.25, -0.2) is 0 Å². The van der Waals surface area contributed by atoms with E-state index in [4.69, 9.17) is 0 Å². The van der Waals surface area contributed by atoms with Crippen LogP contribution >= 0.6 is 24.2 Å². The molecule has 2 N–H and O–H groups in total. The van der Waals surface area contributed by atoms with Crippen LogP contribution in [0.25, 0.3) is 0 Å². The number of rotatable bonds is 4. The lowest BCUT2D eigenvalue weighted by molar-refractivity contribution is -0.121. The molecule has 0 aliphatic carbocycles. The number of piperidine rings is 1. The first kappa shape index (κ1) is 15.1. The Bertz CT molecular complexity index is 192. The Kier molecular flexibility index (Phi) is 8.29. The molecule has 0 radical (unpaired) electrons. The van der Waals surface area contributed by atoms with E-state index < -0.39 is 0 Å². The predicted octanol–water partition coefficient (Wildman–Crippen LogP) is 1.28. The SMILES string of the molecule is CSCCC(=O)NC1CNCCC1C.Cl. The molecule has 0 aromatic rings. The Morgan fingerprint density at radius 2 is 2.33 bits per heavy atom. The fraction of sp³-hybridized carbons (Fsp3) is 0.900. The van der Waals surface area contributed by atoms with E-state index in [0.717, 1.165) is 25.3 Å². The van der Waals surface area contributed by atoms with Gasteiger partial charge in [0.1, 0.15) is 0 Å². The van der Waals surface area contributed by atoms with Crippen LogP contribution in [0.3, 0.4) is 0 Å². The Hall–Kier alpha value is 0.0700. The van der Waals surface area contributed by atoms with Gasteiger partial charge in [-0.1, -0.05) is 6.92 Å². The first-order valence-corrected chi connectivity index (χ1v) is 6.62. The van der Waals surface area contributed by atoms with E-state index in [0.29, 0.717) is 18.4 Å². The maximum Gasteiger partial charge on any atom is 0.221 e. The molecule has 1 amide bonds. The highest BCUT2D eigenvalue weighted by molar-refractivity contribution is 7.98. The molecule has 0 aromatic carbocycles. The number of thioether (sulfide) groups is 1. The number of halogens is 1. The molecule has 0 saturated carbocycles. The molecule has 1 aliphatic rings. The zero-order valence-electron chi connectivity index (χ0n) is 9.41. The molecule has 0 bridgehead atoms. The first-order valence-electron chi connectivity index (χ1n) is 5.23. The van der Waals surface area contributed by atoms with Crippen molar-refractivity contribution >= 4 is 30.1 Å². The van der Waals surface area contributed by atoms with Gasteiger partial charge in [0.15, 0.2) is 0 Å². The summed E-state index contributed by atoms with van der Waals surface area (Å²) in [6.45, 7) is 4.21. The van der Waals surface area contributed by atoms with Gasteiger partial charge in [-0.15, -0.1) is 12.4 Å². The second kappa shape index (κ2) is 8.25. The van der Waals surface area contributed by atoms with Crippen LogP contribution in [0.2, 0.25) is 0 Å². The molecular weight excluding hydrogens is 232 g/mol. The third kappa shape index (κ3) is 5.64. The van der Waals surface area contributed by atoms with Crippen molar-refractivity contribution in [2.24, 2.45) is 5.92 Å². The van der Waals surface area contributed by atoms with Gasteiger partial charge in [-0.3, -0.25) is 4.79 Å². The third-order valence-corrected chi connectivity index (χ3v) is 3.32. The number of amides is 1. The molecule has 1 aliphatic heterocycles. The molecule has 0 aromatic heterocycles. The zero-order valence-corrected chi connectivity index (χ0v) is 11.0. The van der Waals surface area contributed by atoms with E-state index in [2.05, 4.69) is 17.6 Å². The van der Waals surface area contributed by atoms with Crippen molar-refractivity contribution in [2.75, 3.05) is 25.1 Å². The van der Waals surface area contributed by atoms with Crippen molar-refractivity contribution < 1.29 is 4.79 Å². The van der Waals surface area contributed by atoms with Crippen LogP contribution in [-0.4, -0.2) is 37.0 Å². The Balaban J connectivity index is 0.00000196. The Labute approximate surface area is 103 Å². The highest BCUT2D eigenvalue weighted by atomic mass is 35.5. The van der Waals surface area contributed by atoms with Crippen molar-refractivity contribution in [3.05, 3.63) is 0 Å². The quantitative estimate of drug-likeness (QED) is 0.792. The largest absolute Gasteiger partial charge is 0.352 e. The number of carbonyl (C=O) groups excluding carboxylic acids is 1. The molecule has 2 atom stereocenters. The molecule has 90 valence electrons. The van der Waals surface area contributed by atoms with Crippen LogP contribution in [0.15, 0.2) is 0 Å². The van der Waals surface area contributed by atoms with Gasteiger partial charge in [-0.2, -0.15) is 11.8 Å². The van der Waals surface area contributed by atoms with E-state index in [1.807, 2.05) is 6.26 Å². The summed E-state index contributed by atoms with van der Waals surface area (Å²) >= 11 is 1.72. The maximum absolute atomic E-state index is 11.5. The summed E-state index contributed by atoms with van der Waals surface area (Å²) in [4.78, 5) is 11.5. The third-order valence-electron chi connectivity index (χ3n) is 2.71. The lowest BCUT2D eigenvalue weighted by atomic mass is 9.95. The van der Waals surface area contributed by atoms with Crippen molar-refractivity contribution in [1.82, 2.24) is 10.6 Å². The summed E-state index contributed by atoms with van der Waals surface area (Å²) in [5.74, 6) is 1.72. The van der Waals surface area contributed by atoms with Gasteiger partial charge in [0.25, 0.3) is 0 Å². The van der Waals surface area contributed by atoms with E-state index in [1.165, 1.54) is 0 Å². The van der Waals surface area contributed by atoms with Crippen LogP contribution in [0.5, 0.6) is 0 Å². The number of carbonyl (C=O) groups is 1. The molecule has 1 fully saturated rings. The molecule has 15 heavy (non-hydrogen) atoms. The Morgan fingerprint density at radius 1 is 1.60 bits per heavy atom. The molecule has 1 rings (SSSR count). The second-order valence-corrected chi connectivity index (χ2v) is 4.87. The standard InChI is InChI=1S/C10H20N2OS.ClH/c1-8-3-5-11-7-9(8)12-10(13)4-6-14-2;/h8-9,11H,3-7H2,1-2H3,(H,12,13);1H. The minimum absolute atomic E-state index is 0. The van der Waals surface area contributed by atoms with Crippen molar-refractivity contribution in [1.29, 1.82) is 0 Å². The molecule has 0 spiro atoms. The van der Waals surface area contributed by atoms with Gasteiger partial charge in [-0.05, 0) is 25.1 Å². The minimum Gasteiger partial charge on any atom is -0.352 e. The van der Waals surface area contributed by atoms with Crippen molar-refractivity contribution in [3.63, 3.8) is 0 Å². The molecule has 5 heteroatoms. The summed E-state index contributed by atoms with van der Waals surface area (Å²) < 4.78 is 0. The van der Waals surface area contributed by atoms with Gasteiger partial charge in [0.2, 0.25) is 5.91 Å². The minimum atomic E-state index is 0. The van der Waals surface area contributed by atoms with E-state index in [-0.39, 0.29) is 18.3 Å². The van der Waals surface area contributed by atoms with Gasteiger partial charge >= 0.3 is 0 Å². The lowest BCUT2D eigenvalue weighted by Crippen LogP contribution is -2.50. The molecule has 1 saturated heterocycles. The van der Waals surface area contributed by atoms with Gasteiger partial charge < -0.3 is 10.6 Å². The monoisotopic (exact) mass is 252 g/mol. The highest BCUT2D eigenvalue weighted by Crippen LogP contribution is 2.11. The second-order valence-electron chi connectivity index (χ2n) is 3.89. The first-order chi connectivity index (χ1) is 6.74. The lowest BCUT2D eigenvalue weighted by Gasteiger charge is -2.30. The van der Waals surface area contributed by atoms with Gasteiger partial charge in [0, 0.05) is 24.8 Å². The van der Waals surface area contributed by atoms with Crippen LogP contribution in [-0.2, 0) is 4.79 Å². The highest BCUT2D eigenvalue weighted by Gasteiger charge is 2.21. The van der Waals surface area contributed by atoms with Crippen LogP contribution in [0, 0.1) is 5.92 Å². The average molecular weight is 253 g/mol. The average Bonchev–Trinajstić information content (AvgIpc) is 2.18. The van der Waals surface area contributed by atoms with Gasteiger partial charge in [0.05, 0.1) is 0 Å². The van der Waals surface area contributed by atoms with E-state index in [9.17, 15) is 4.79 Å². The van der Waals surface area contributed by atoms with Crippen molar-refractivity contribution in [2.45, 2.75) is 25.8 Å². The maximum atomic E-state index is 11.5. The summed E-state index contributed by atoms with van der Waals surface area (Å²) in [6, 6.07) is 0.332. The molecule has 1 heterocycles. The topological polar surface area (TPSA) is 41.1 Å². The number of hydrogen-bond donors (Lipinski definition) is 2. The zero-order chi connectivity index (χ0) is 10.4. The number of hydrogen-bond acceptors (Lipinski definition) is 3. The summed E-state index contributed by atoms with van der Waals surface area (Å²) in [5.41, 5.74) is 0. The smallest absolute Gasteiger partial charge is 0.221 e. The van der Waals surface area contributed by atoms with Crippen molar-refractivity contribution in [3.8, 4) is 0 Å². The Morgan fingerprint density at radius 3 is 2.93 bits per heavy atom.